The van der Waals surface area contributed by atoms with Gasteiger partial charge >= 0.3 is 12.4 Å². The molecule has 214 valence electrons. The number of nitrogens with zero attached hydrogens (tertiary/aromatic N) is 2. The van der Waals surface area contributed by atoms with Crippen molar-refractivity contribution >= 4 is 11.7 Å². The number of aliphatic hydroxyl groups is 2. The smallest absolute Gasteiger partial charge is 0.406 e. The molecule has 0 bridgehead atoms. The molecule has 0 unspecified atom stereocenters. The van der Waals surface area contributed by atoms with E-state index in [0.29, 0.717) is 16.8 Å². The highest BCUT2D eigenvalue weighted by molar-refractivity contribution is 5.89. The van der Waals surface area contributed by atoms with E-state index >= 15 is 4.39 Å². The molecule has 1 aliphatic rings. The summed E-state index contributed by atoms with van der Waals surface area (Å²) in [6.45, 7) is 11.0. The maximum atomic E-state index is 15.7. The monoisotopic (exact) mass is 545 g/mol. The highest BCUT2D eigenvalue weighted by Gasteiger charge is 2.40. The van der Waals surface area contributed by atoms with Gasteiger partial charge in [0.2, 0.25) is 0 Å². The van der Waals surface area contributed by atoms with Crippen LogP contribution in [0.3, 0.4) is 0 Å². The fraction of sp³-hybridized carbons (Fsp3) is 0.556. The van der Waals surface area contributed by atoms with Crippen LogP contribution < -0.4 is 10.1 Å². The van der Waals surface area contributed by atoms with Crippen LogP contribution >= 0.6 is 0 Å². The van der Waals surface area contributed by atoms with Crippen molar-refractivity contribution in [3.8, 4) is 5.75 Å². The summed E-state index contributed by atoms with van der Waals surface area (Å²) < 4.78 is 56.9. The Morgan fingerprint density at radius 1 is 1.13 bits per heavy atom. The first kappa shape index (κ1) is 33.1. The second kappa shape index (κ2) is 14.9. The molecule has 2 amide bonds. The van der Waals surface area contributed by atoms with Gasteiger partial charge in [0.05, 0.1) is 18.4 Å². The average molecular weight is 546 g/mol. The number of nitrogens with one attached hydrogen (secondary N) is 1. The van der Waals surface area contributed by atoms with Gasteiger partial charge in [-0.2, -0.15) is 0 Å². The number of carbonyl (C=O) groups excluding carboxylic acids is 1. The molecule has 1 aromatic carbocycles. The molecule has 0 saturated carbocycles. The number of rotatable bonds is 6. The molecule has 38 heavy (non-hydrogen) atoms. The lowest BCUT2D eigenvalue weighted by atomic mass is 9.87. The van der Waals surface area contributed by atoms with Gasteiger partial charge in [0.25, 0.3) is 0 Å². The molecular weight excluding hydrogens is 506 g/mol. The zero-order valence-electron chi connectivity index (χ0n) is 22.8. The molecule has 2 aromatic rings. The fourth-order valence-corrected chi connectivity index (χ4v) is 4.02. The highest BCUT2D eigenvalue weighted by Crippen LogP contribution is 2.38. The van der Waals surface area contributed by atoms with Gasteiger partial charge in [-0.05, 0) is 48.7 Å². The molecule has 0 aliphatic carbocycles. The minimum Gasteiger partial charge on any atom is -0.406 e. The van der Waals surface area contributed by atoms with Crippen molar-refractivity contribution in [1.82, 2.24) is 9.88 Å². The van der Waals surface area contributed by atoms with Crippen molar-refractivity contribution in [2.45, 2.75) is 78.9 Å². The number of halogens is 4. The number of likely N-dealkylation sites (tertiary alicyclic amines) is 1. The number of alkyl halides is 4. The Balaban J connectivity index is 0.00000172. The largest absolute Gasteiger partial charge is 0.573 e. The van der Waals surface area contributed by atoms with Crippen LogP contribution in [-0.2, 0) is 12.1 Å². The number of amides is 2. The summed E-state index contributed by atoms with van der Waals surface area (Å²) in [4.78, 5) is 18.3. The number of hydrogen-bond acceptors (Lipinski definition) is 5. The first-order valence-corrected chi connectivity index (χ1v) is 12.8. The van der Waals surface area contributed by atoms with Crippen molar-refractivity contribution in [2.75, 3.05) is 25.0 Å². The van der Waals surface area contributed by atoms with Crippen LogP contribution in [0.4, 0.5) is 28.0 Å². The summed E-state index contributed by atoms with van der Waals surface area (Å²) in [7, 11) is 0. The maximum absolute atomic E-state index is 15.7. The number of urea groups is 1. The lowest BCUT2D eigenvalue weighted by Crippen LogP contribution is -2.45. The molecule has 3 N–H and O–H groups in total. The number of aliphatic hydroxyl groups excluding tert-OH is 2. The zero-order chi connectivity index (χ0) is 29.1. The summed E-state index contributed by atoms with van der Waals surface area (Å²) in [5.41, 5.74) is 0.373. The Morgan fingerprint density at radius 3 is 2.24 bits per heavy atom. The molecule has 11 heteroatoms. The standard InChI is InChI=1S/C23H27F4N3O4.2C2H6/c1-14-10-17(3-4-19(14)34-23(25,26)27)29-21(33)30-7-5-22(24,6-8-30)20-15(2)9-16(12-28-20)11-18(32)13-31;2*1-2/h3-4,9-10,12,18,31-32H,5-8,11,13H2,1-2H3,(H,29,33);2*1-2H3/t18-;;/m0../s1. The normalized spacial score (nSPS) is 15.3. The molecule has 1 atom stereocenters. The van der Waals surface area contributed by atoms with Crippen molar-refractivity contribution in [3.63, 3.8) is 0 Å². The SMILES string of the molecule is CC.CC.Cc1cc(NC(=O)N2CCC(F)(c3ncc(C[C@H](O)CO)cc3C)CC2)ccc1OC(F)(F)F. The van der Waals surface area contributed by atoms with Gasteiger partial charge in [-0.3, -0.25) is 4.98 Å². The Kier molecular flexibility index (Phi) is 13.0. The number of hydrogen-bond donors (Lipinski definition) is 3. The Hall–Kier alpha value is -2.92. The molecule has 7 nitrogen and oxygen atoms in total. The van der Waals surface area contributed by atoms with E-state index in [1.54, 1.807) is 13.0 Å². The van der Waals surface area contributed by atoms with E-state index in [9.17, 15) is 23.1 Å². The van der Waals surface area contributed by atoms with Gasteiger partial charge in [0.15, 0.2) is 5.67 Å². The van der Waals surface area contributed by atoms with Gasteiger partial charge < -0.3 is 25.2 Å². The molecule has 1 aliphatic heterocycles. The lowest BCUT2D eigenvalue weighted by Gasteiger charge is -2.36. The Bertz CT molecular complexity index is 1030. The third kappa shape index (κ3) is 9.43. The number of pyridine rings is 1. The van der Waals surface area contributed by atoms with Crippen LogP contribution in [0.1, 0.15) is 62.9 Å². The lowest BCUT2D eigenvalue weighted by molar-refractivity contribution is -0.274. The summed E-state index contributed by atoms with van der Waals surface area (Å²) in [5, 5.41) is 21.2. The Labute approximate surface area is 221 Å². The first-order chi connectivity index (χ1) is 17.9. The van der Waals surface area contributed by atoms with E-state index in [0.717, 1.165) is 6.07 Å². The zero-order valence-corrected chi connectivity index (χ0v) is 22.8. The molecule has 0 radical (unpaired) electrons. The van der Waals surface area contributed by atoms with Crippen LogP contribution in [0, 0.1) is 13.8 Å². The van der Waals surface area contributed by atoms with E-state index in [1.807, 2.05) is 27.7 Å². The minimum atomic E-state index is -4.81. The molecule has 2 heterocycles. The second-order valence-electron chi connectivity index (χ2n) is 8.46. The van der Waals surface area contributed by atoms with E-state index in [2.05, 4.69) is 15.0 Å². The number of aryl methyl sites for hydroxylation is 2. The van der Waals surface area contributed by atoms with Crippen LogP contribution in [-0.4, -0.2) is 58.3 Å². The van der Waals surface area contributed by atoms with Crippen molar-refractivity contribution in [1.29, 1.82) is 0 Å². The van der Waals surface area contributed by atoms with Crippen molar-refractivity contribution in [2.24, 2.45) is 0 Å². The van der Waals surface area contributed by atoms with Crippen LogP contribution in [0.25, 0.3) is 0 Å². The minimum absolute atomic E-state index is 0.0320. The first-order valence-electron chi connectivity index (χ1n) is 12.8. The second-order valence-corrected chi connectivity index (χ2v) is 8.46. The number of aromatic nitrogens is 1. The van der Waals surface area contributed by atoms with Gasteiger partial charge in [-0.15, -0.1) is 13.2 Å². The summed E-state index contributed by atoms with van der Waals surface area (Å²) in [6, 6.07) is 5.04. The van der Waals surface area contributed by atoms with E-state index in [4.69, 9.17) is 5.11 Å². The van der Waals surface area contributed by atoms with Crippen LogP contribution in [0.15, 0.2) is 30.5 Å². The molecule has 3 rings (SSSR count). The average Bonchev–Trinajstić information content (AvgIpc) is 2.87. The third-order valence-electron chi connectivity index (χ3n) is 5.74. The van der Waals surface area contributed by atoms with E-state index in [1.165, 1.54) is 30.2 Å². The molecule has 1 fully saturated rings. The van der Waals surface area contributed by atoms with Gasteiger partial charge in [-0.25, -0.2) is 9.18 Å². The molecular formula is C27H39F4N3O4. The maximum Gasteiger partial charge on any atom is 0.573 e. The number of anilines is 1. The predicted molar refractivity (Wildman–Crippen MR) is 139 cm³/mol. The number of ether oxygens (including phenoxy) is 1. The summed E-state index contributed by atoms with van der Waals surface area (Å²) in [5.74, 6) is -0.356. The fourth-order valence-electron chi connectivity index (χ4n) is 4.02. The van der Waals surface area contributed by atoms with Crippen molar-refractivity contribution in [3.05, 3.63) is 52.8 Å². The van der Waals surface area contributed by atoms with E-state index in [-0.39, 0.29) is 56.0 Å². The highest BCUT2D eigenvalue weighted by atomic mass is 19.4. The number of piperidine rings is 1. The third-order valence-corrected chi connectivity index (χ3v) is 5.74. The molecule has 1 saturated heterocycles. The molecule has 0 spiro atoms. The number of carbonyl (C=O) groups is 1. The van der Waals surface area contributed by atoms with Gasteiger partial charge in [0, 0.05) is 44.2 Å². The predicted octanol–water partition coefficient (Wildman–Crippen LogP) is 6.04. The number of benzene rings is 1. The van der Waals surface area contributed by atoms with Gasteiger partial charge in [0.1, 0.15) is 5.75 Å². The quantitative estimate of drug-likeness (QED) is 0.385. The van der Waals surface area contributed by atoms with Crippen LogP contribution in [0.5, 0.6) is 5.75 Å². The summed E-state index contributed by atoms with van der Waals surface area (Å²) in [6.07, 6.45) is -3.97. The van der Waals surface area contributed by atoms with Crippen LogP contribution in [0.2, 0.25) is 0 Å². The summed E-state index contributed by atoms with van der Waals surface area (Å²) >= 11 is 0. The topological polar surface area (TPSA) is 94.9 Å². The van der Waals surface area contributed by atoms with E-state index < -0.39 is 24.2 Å². The molecule has 1 aromatic heterocycles. The van der Waals surface area contributed by atoms with Crippen molar-refractivity contribution < 1.29 is 37.3 Å². The Morgan fingerprint density at radius 2 is 1.74 bits per heavy atom. The van der Waals surface area contributed by atoms with Gasteiger partial charge in [-0.1, -0.05) is 33.8 Å².